The first-order valence-electron chi connectivity index (χ1n) is 7.15. The monoisotopic (exact) mass is 330 g/mol. The van der Waals surface area contributed by atoms with Crippen LogP contribution in [0.2, 0.25) is 0 Å². The van der Waals surface area contributed by atoms with E-state index in [1.165, 1.54) is 12.3 Å². The van der Waals surface area contributed by atoms with Gasteiger partial charge in [0.2, 0.25) is 5.89 Å². The van der Waals surface area contributed by atoms with Crippen molar-refractivity contribution in [1.29, 1.82) is 0 Å². The summed E-state index contributed by atoms with van der Waals surface area (Å²) in [5, 5.41) is 0. The third kappa shape index (κ3) is 3.90. The molecule has 0 bridgehead atoms. The number of benzene rings is 2. The third-order valence-electron chi connectivity index (χ3n) is 3.20. The fourth-order valence-electron chi connectivity index (χ4n) is 2.12. The quantitative estimate of drug-likeness (QED) is 0.657. The van der Waals surface area contributed by atoms with Crippen molar-refractivity contribution in [1.82, 2.24) is 4.98 Å². The number of oxazole rings is 1. The Morgan fingerprint density at radius 3 is 2.54 bits per heavy atom. The molecule has 0 aliphatic rings. The van der Waals surface area contributed by atoms with Gasteiger partial charge in [0.25, 0.3) is 0 Å². The van der Waals surface area contributed by atoms with Crippen LogP contribution in [0, 0.1) is 6.92 Å². The fraction of sp³-hybridized carbons (Fsp3) is 0.111. The molecule has 1 radical (unpaired) electrons. The van der Waals surface area contributed by atoms with Crippen LogP contribution in [0.3, 0.4) is 0 Å². The molecule has 0 saturated carbocycles. The van der Waals surface area contributed by atoms with Crippen molar-refractivity contribution >= 4 is 0 Å². The highest BCUT2D eigenvalue weighted by molar-refractivity contribution is 5.60. The maximum atomic E-state index is 12.6. The van der Waals surface area contributed by atoms with Gasteiger partial charge in [-0.1, -0.05) is 30.3 Å². The van der Waals surface area contributed by atoms with Crippen molar-refractivity contribution in [3.05, 3.63) is 73.0 Å². The summed E-state index contributed by atoms with van der Waals surface area (Å²) in [6.45, 7) is 0.939. The highest BCUT2D eigenvalue weighted by Gasteiger charge is 2.14. The normalized spacial score (nSPS) is 10.8. The summed E-state index contributed by atoms with van der Waals surface area (Å²) in [5.41, 5.74) is 1.96. The Morgan fingerprint density at radius 1 is 1.08 bits per heavy atom. The minimum absolute atomic E-state index is 0.0499. The van der Waals surface area contributed by atoms with Crippen LogP contribution in [0.5, 0.6) is 11.5 Å². The van der Waals surface area contributed by atoms with E-state index in [9.17, 15) is 8.78 Å². The maximum absolute atomic E-state index is 12.6. The number of hydrogen-bond acceptors (Lipinski definition) is 4. The summed E-state index contributed by atoms with van der Waals surface area (Å²) in [6, 6.07) is 13.9. The zero-order valence-corrected chi connectivity index (χ0v) is 12.6. The molecular formula is C18H14F2NO3. The number of alkyl halides is 2. The molecule has 0 unspecified atom stereocenters. The first-order valence-corrected chi connectivity index (χ1v) is 7.15. The van der Waals surface area contributed by atoms with E-state index in [4.69, 9.17) is 9.15 Å². The van der Waals surface area contributed by atoms with E-state index in [0.29, 0.717) is 17.1 Å². The molecule has 0 amide bonds. The minimum atomic E-state index is -2.94. The van der Waals surface area contributed by atoms with E-state index in [-0.39, 0.29) is 18.1 Å². The number of nitrogens with zero attached hydrogens (tertiary/aromatic N) is 1. The fourth-order valence-corrected chi connectivity index (χ4v) is 2.12. The van der Waals surface area contributed by atoms with Gasteiger partial charge in [-0.05, 0) is 30.7 Å². The van der Waals surface area contributed by atoms with E-state index in [0.717, 1.165) is 5.56 Å². The van der Waals surface area contributed by atoms with Gasteiger partial charge in [0.05, 0.1) is 5.69 Å². The SMILES string of the molecule is [CH2]c1coc(-c2ccc(OC(F)F)c(OCc3ccccc3)c2)n1. The lowest BCUT2D eigenvalue weighted by Gasteiger charge is -2.13. The van der Waals surface area contributed by atoms with Crippen molar-refractivity contribution in [2.24, 2.45) is 0 Å². The topological polar surface area (TPSA) is 44.5 Å². The summed E-state index contributed by atoms with van der Waals surface area (Å²) in [4.78, 5) is 4.11. The molecule has 0 aliphatic carbocycles. The van der Waals surface area contributed by atoms with Crippen LogP contribution >= 0.6 is 0 Å². The third-order valence-corrected chi connectivity index (χ3v) is 3.20. The first kappa shape index (κ1) is 16.0. The second-order valence-corrected chi connectivity index (χ2v) is 4.96. The summed E-state index contributed by atoms with van der Waals surface area (Å²) in [5.74, 6) is 0.458. The molecule has 0 spiro atoms. The van der Waals surface area contributed by atoms with Crippen molar-refractivity contribution < 1.29 is 22.7 Å². The molecule has 0 aliphatic heterocycles. The zero-order valence-electron chi connectivity index (χ0n) is 12.6. The number of hydrogen-bond donors (Lipinski definition) is 0. The molecule has 2 aromatic carbocycles. The van der Waals surface area contributed by atoms with Gasteiger partial charge >= 0.3 is 6.61 Å². The van der Waals surface area contributed by atoms with Crippen molar-refractivity contribution in [3.63, 3.8) is 0 Å². The Morgan fingerprint density at radius 2 is 1.88 bits per heavy atom. The van der Waals surface area contributed by atoms with Crippen molar-refractivity contribution in [2.45, 2.75) is 13.2 Å². The Hall–Kier alpha value is -2.89. The van der Waals surface area contributed by atoms with Gasteiger partial charge in [0.1, 0.15) is 12.9 Å². The molecular weight excluding hydrogens is 316 g/mol. The largest absolute Gasteiger partial charge is 0.485 e. The standard InChI is InChI=1S/C18H14F2NO3/c1-12-10-23-17(21-12)14-7-8-15(24-18(19)20)16(9-14)22-11-13-5-3-2-4-6-13/h2-10,18H,1,11H2. The van der Waals surface area contributed by atoms with Crippen LogP contribution in [0.15, 0.2) is 59.2 Å². The Labute approximate surface area is 137 Å². The van der Waals surface area contributed by atoms with E-state index in [2.05, 4.69) is 16.6 Å². The summed E-state index contributed by atoms with van der Waals surface area (Å²) in [6.07, 6.45) is 1.41. The van der Waals surface area contributed by atoms with E-state index in [1.54, 1.807) is 12.1 Å². The van der Waals surface area contributed by atoms with Crippen LogP contribution < -0.4 is 9.47 Å². The van der Waals surface area contributed by atoms with Gasteiger partial charge in [0.15, 0.2) is 11.5 Å². The van der Waals surface area contributed by atoms with Gasteiger partial charge in [-0.3, -0.25) is 0 Å². The van der Waals surface area contributed by atoms with E-state index < -0.39 is 6.61 Å². The van der Waals surface area contributed by atoms with Crippen molar-refractivity contribution in [2.75, 3.05) is 0 Å². The molecule has 3 aromatic rings. The Balaban J connectivity index is 1.87. The number of ether oxygens (including phenoxy) is 2. The van der Waals surface area contributed by atoms with Gasteiger partial charge in [-0.15, -0.1) is 0 Å². The molecule has 1 aromatic heterocycles. The van der Waals surface area contributed by atoms with Crippen LogP contribution in [0.4, 0.5) is 8.78 Å². The molecule has 6 heteroatoms. The van der Waals surface area contributed by atoms with Crippen LogP contribution in [-0.2, 0) is 6.61 Å². The molecule has 0 fully saturated rings. The van der Waals surface area contributed by atoms with Gasteiger partial charge < -0.3 is 13.9 Å². The van der Waals surface area contributed by atoms with E-state index in [1.807, 2.05) is 30.3 Å². The lowest BCUT2D eigenvalue weighted by Crippen LogP contribution is -2.05. The second-order valence-electron chi connectivity index (χ2n) is 4.96. The molecule has 0 saturated heterocycles. The van der Waals surface area contributed by atoms with Crippen LogP contribution in [-0.4, -0.2) is 11.6 Å². The predicted octanol–water partition coefficient (Wildman–Crippen LogP) is 4.70. The molecule has 4 nitrogen and oxygen atoms in total. The van der Waals surface area contributed by atoms with Crippen molar-refractivity contribution in [3.8, 4) is 23.0 Å². The smallest absolute Gasteiger partial charge is 0.387 e. The number of rotatable bonds is 6. The zero-order chi connectivity index (χ0) is 16.9. The average Bonchev–Trinajstić information content (AvgIpc) is 3.01. The summed E-state index contributed by atoms with van der Waals surface area (Å²) >= 11 is 0. The molecule has 0 N–H and O–H groups in total. The number of aromatic nitrogens is 1. The predicted molar refractivity (Wildman–Crippen MR) is 83.8 cm³/mol. The summed E-state index contributed by atoms with van der Waals surface area (Å²) in [7, 11) is 0. The maximum Gasteiger partial charge on any atom is 0.387 e. The Kier molecular flexibility index (Phi) is 4.74. The van der Waals surface area contributed by atoms with Gasteiger partial charge in [-0.2, -0.15) is 8.78 Å². The van der Waals surface area contributed by atoms with Gasteiger partial charge in [-0.25, -0.2) is 4.98 Å². The molecule has 1 heterocycles. The first-order chi connectivity index (χ1) is 11.6. The molecule has 3 rings (SSSR count). The van der Waals surface area contributed by atoms with Crippen LogP contribution in [0.1, 0.15) is 11.3 Å². The molecule has 123 valence electrons. The molecule has 24 heavy (non-hydrogen) atoms. The average molecular weight is 330 g/mol. The summed E-state index contributed by atoms with van der Waals surface area (Å²) < 4.78 is 40.6. The Bertz CT molecular complexity index is 803. The lowest BCUT2D eigenvalue weighted by atomic mass is 10.2. The van der Waals surface area contributed by atoms with Crippen LogP contribution in [0.25, 0.3) is 11.5 Å². The lowest BCUT2D eigenvalue weighted by molar-refractivity contribution is -0.0515. The van der Waals surface area contributed by atoms with E-state index >= 15 is 0 Å². The van der Waals surface area contributed by atoms with Gasteiger partial charge in [0, 0.05) is 5.56 Å². The second kappa shape index (κ2) is 7.12. The number of halogens is 2. The molecule has 0 atom stereocenters. The highest BCUT2D eigenvalue weighted by Crippen LogP contribution is 2.34. The minimum Gasteiger partial charge on any atom is -0.485 e. The highest BCUT2D eigenvalue weighted by atomic mass is 19.3.